The molecule has 1 N–H and O–H groups in total. The molecule has 42 heavy (non-hydrogen) atoms. The number of nitrogens with one attached hydrogen (secondary N) is 1. The third kappa shape index (κ3) is 7.41. The number of nitrogens with zero attached hydrogens (tertiary/aromatic N) is 2. The molecular formula is C33H34FN3O4S. The van der Waals surface area contributed by atoms with Gasteiger partial charge in [-0.1, -0.05) is 77.9 Å². The highest BCUT2D eigenvalue weighted by atomic mass is 32.2. The van der Waals surface area contributed by atoms with Crippen LogP contribution in [0.15, 0.2) is 108 Å². The van der Waals surface area contributed by atoms with Crippen molar-refractivity contribution >= 4 is 27.5 Å². The van der Waals surface area contributed by atoms with E-state index in [-0.39, 0.29) is 29.5 Å². The number of sulfonamides is 1. The van der Waals surface area contributed by atoms with Gasteiger partial charge in [0.15, 0.2) is 0 Å². The first-order valence-electron chi connectivity index (χ1n) is 13.5. The third-order valence-corrected chi connectivity index (χ3v) is 8.74. The number of carbonyl (C=O) groups is 2. The van der Waals surface area contributed by atoms with Crippen molar-refractivity contribution in [2.24, 2.45) is 0 Å². The van der Waals surface area contributed by atoms with Gasteiger partial charge < -0.3 is 10.2 Å². The van der Waals surface area contributed by atoms with E-state index in [9.17, 15) is 22.4 Å². The van der Waals surface area contributed by atoms with Crippen LogP contribution in [0.4, 0.5) is 10.1 Å². The van der Waals surface area contributed by atoms with E-state index in [1.54, 1.807) is 12.1 Å². The molecule has 4 aromatic rings. The van der Waals surface area contributed by atoms with Crippen LogP contribution in [0.5, 0.6) is 0 Å². The molecule has 0 aliphatic rings. The first-order valence-corrected chi connectivity index (χ1v) is 15.0. The molecule has 0 radical (unpaired) electrons. The SMILES string of the molecule is CNC(=O)[C@H](Cc1ccccc1)N(Cc1cccc(C)c1)C(=O)CN(c1ccc(F)cc1)S(=O)(=O)c1ccc(C)cc1. The van der Waals surface area contributed by atoms with Crippen LogP contribution < -0.4 is 9.62 Å². The van der Waals surface area contributed by atoms with Crippen molar-refractivity contribution in [1.29, 1.82) is 0 Å². The molecular weight excluding hydrogens is 553 g/mol. The number of rotatable bonds is 11. The molecule has 0 aromatic heterocycles. The van der Waals surface area contributed by atoms with Crippen molar-refractivity contribution < 1.29 is 22.4 Å². The minimum Gasteiger partial charge on any atom is -0.357 e. The molecule has 9 heteroatoms. The topological polar surface area (TPSA) is 86.8 Å². The molecule has 4 rings (SSSR count). The first-order chi connectivity index (χ1) is 20.1. The maximum absolute atomic E-state index is 14.2. The highest BCUT2D eigenvalue weighted by Crippen LogP contribution is 2.26. The van der Waals surface area contributed by atoms with E-state index < -0.39 is 34.3 Å². The number of benzene rings is 4. The van der Waals surface area contributed by atoms with Gasteiger partial charge in [-0.2, -0.15) is 0 Å². The number of aryl methyl sites for hydroxylation is 2. The number of halogens is 1. The van der Waals surface area contributed by atoms with Crippen LogP contribution in [0, 0.1) is 19.7 Å². The highest BCUT2D eigenvalue weighted by Gasteiger charge is 2.34. The summed E-state index contributed by atoms with van der Waals surface area (Å²) in [6, 6.07) is 27.2. The van der Waals surface area contributed by atoms with Crippen molar-refractivity contribution in [1.82, 2.24) is 10.2 Å². The van der Waals surface area contributed by atoms with Crippen LogP contribution >= 0.6 is 0 Å². The summed E-state index contributed by atoms with van der Waals surface area (Å²) in [7, 11) is -2.74. The summed E-state index contributed by atoms with van der Waals surface area (Å²) in [6.45, 7) is 3.25. The maximum Gasteiger partial charge on any atom is 0.264 e. The smallest absolute Gasteiger partial charge is 0.264 e. The Balaban J connectivity index is 1.78. The van der Waals surface area contributed by atoms with Crippen LogP contribution in [0.1, 0.15) is 22.3 Å². The molecule has 0 spiro atoms. The first kappa shape index (κ1) is 30.5. The fourth-order valence-electron chi connectivity index (χ4n) is 4.70. The van der Waals surface area contributed by atoms with Crippen molar-refractivity contribution in [3.8, 4) is 0 Å². The minimum absolute atomic E-state index is 0.0115. The molecule has 0 saturated heterocycles. The van der Waals surface area contributed by atoms with Crippen LogP contribution in [-0.4, -0.2) is 44.8 Å². The van der Waals surface area contributed by atoms with Gasteiger partial charge in [-0.05, 0) is 61.4 Å². The molecule has 0 saturated carbocycles. The highest BCUT2D eigenvalue weighted by molar-refractivity contribution is 7.92. The number of likely N-dealkylation sites (N-methyl/N-ethyl adjacent to an activating group) is 1. The molecule has 0 fully saturated rings. The number of anilines is 1. The lowest BCUT2D eigenvalue weighted by Crippen LogP contribution is -2.53. The summed E-state index contributed by atoms with van der Waals surface area (Å²) in [5.41, 5.74) is 3.61. The molecule has 0 heterocycles. The predicted octanol–water partition coefficient (Wildman–Crippen LogP) is 5.02. The number of amides is 2. The normalized spacial score (nSPS) is 11.9. The Morgan fingerprint density at radius 3 is 2.07 bits per heavy atom. The molecule has 1 atom stereocenters. The molecule has 0 bridgehead atoms. The number of carbonyl (C=O) groups excluding carboxylic acids is 2. The lowest BCUT2D eigenvalue weighted by atomic mass is 10.0. The van der Waals surface area contributed by atoms with E-state index in [0.717, 1.165) is 38.7 Å². The number of hydrogen-bond donors (Lipinski definition) is 1. The quantitative estimate of drug-likeness (QED) is 0.267. The van der Waals surface area contributed by atoms with Gasteiger partial charge in [-0.15, -0.1) is 0 Å². The fraction of sp³-hybridized carbons (Fsp3) is 0.212. The van der Waals surface area contributed by atoms with Crippen molar-refractivity contribution in [3.63, 3.8) is 0 Å². The summed E-state index contributed by atoms with van der Waals surface area (Å²) < 4.78 is 42.6. The molecule has 4 aromatic carbocycles. The van der Waals surface area contributed by atoms with Gasteiger partial charge in [-0.3, -0.25) is 13.9 Å². The summed E-state index contributed by atoms with van der Waals surface area (Å²) >= 11 is 0. The van der Waals surface area contributed by atoms with Crippen LogP contribution in [0.25, 0.3) is 0 Å². The average molecular weight is 588 g/mol. The van der Waals surface area contributed by atoms with Crippen molar-refractivity contribution in [3.05, 3.63) is 131 Å². The Morgan fingerprint density at radius 1 is 0.810 bits per heavy atom. The lowest BCUT2D eigenvalue weighted by molar-refractivity contribution is -0.139. The molecule has 0 aliphatic carbocycles. The van der Waals surface area contributed by atoms with Gasteiger partial charge in [-0.25, -0.2) is 12.8 Å². The second-order valence-electron chi connectivity index (χ2n) is 10.1. The molecule has 2 amide bonds. The summed E-state index contributed by atoms with van der Waals surface area (Å²) in [4.78, 5) is 28.9. The van der Waals surface area contributed by atoms with Gasteiger partial charge in [0.1, 0.15) is 18.4 Å². The predicted molar refractivity (Wildman–Crippen MR) is 162 cm³/mol. The minimum atomic E-state index is -4.24. The molecule has 0 unspecified atom stereocenters. The largest absolute Gasteiger partial charge is 0.357 e. The Bertz CT molecular complexity index is 1630. The summed E-state index contributed by atoms with van der Waals surface area (Å²) in [5.74, 6) is -1.50. The monoisotopic (exact) mass is 587 g/mol. The van der Waals surface area contributed by atoms with E-state index >= 15 is 0 Å². The summed E-state index contributed by atoms with van der Waals surface area (Å²) in [6.07, 6.45) is 0.222. The lowest BCUT2D eigenvalue weighted by Gasteiger charge is -2.33. The number of hydrogen-bond acceptors (Lipinski definition) is 4. The molecule has 218 valence electrons. The average Bonchev–Trinajstić information content (AvgIpc) is 2.98. The van der Waals surface area contributed by atoms with Gasteiger partial charge in [0.2, 0.25) is 11.8 Å². The van der Waals surface area contributed by atoms with Crippen LogP contribution in [0.3, 0.4) is 0 Å². The van der Waals surface area contributed by atoms with Gasteiger partial charge in [0, 0.05) is 20.0 Å². The Morgan fingerprint density at radius 2 is 1.45 bits per heavy atom. The fourth-order valence-corrected chi connectivity index (χ4v) is 6.12. The van der Waals surface area contributed by atoms with E-state index in [2.05, 4.69) is 5.32 Å². The summed E-state index contributed by atoms with van der Waals surface area (Å²) in [5, 5.41) is 2.66. The zero-order valence-corrected chi connectivity index (χ0v) is 24.6. The van der Waals surface area contributed by atoms with Crippen LogP contribution in [-0.2, 0) is 32.6 Å². The van der Waals surface area contributed by atoms with Crippen molar-refractivity contribution in [2.45, 2.75) is 37.8 Å². The van der Waals surface area contributed by atoms with Gasteiger partial charge in [0.25, 0.3) is 10.0 Å². The standard InChI is InChI=1S/C33H34FN3O4S/c1-24-12-18-30(19-13-24)42(40,41)37(29-16-14-28(34)15-17-29)23-32(38)36(22-27-11-7-8-25(2)20-27)31(33(39)35-3)21-26-9-5-4-6-10-26/h4-20,31H,21-23H2,1-3H3,(H,35,39)/t31-/m0/s1. The van der Waals surface area contributed by atoms with Crippen molar-refractivity contribution in [2.75, 3.05) is 17.9 Å². The van der Waals surface area contributed by atoms with E-state index in [1.807, 2.05) is 68.4 Å². The second kappa shape index (κ2) is 13.4. The van der Waals surface area contributed by atoms with Gasteiger partial charge in [0.05, 0.1) is 10.6 Å². The molecule has 7 nitrogen and oxygen atoms in total. The Kier molecular flexibility index (Phi) is 9.75. The van der Waals surface area contributed by atoms with E-state index in [4.69, 9.17) is 0 Å². The Hall–Kier alpha value is -4.50. The Labute approximate surface area is 246 Å². The van der Waals surface area contributed by atoms with E-state index in [0.29, 0.717) is 0 Å². The van der Waals surface area contributed by atoms with Crippen LogP contribution in [0.2, 0.25) is 0 Å². The zero-order valence-electron chi connectivity index (χ0n) is 23.8. The maximum atomic E-state index is 14.2. The van der Waals surface area contributed by atoms with E-state index in [1.165, 1.54) is 36.2 Å². The second-order valence-corrected chi connectivity index (χ2v) is 12.0. The third-order valence-electron chi connectivity index (χ3n) is 6.96. The molecule has 0 aliphatic heterocycles. The van der Waals surface area contributed by atoms with Gasteiger partial charge >= 0.3 is 0 Å². The zero-order chi connectivity index (χ0) is 30.3.